The number of nitrogen functional groups attached to an aromatic ring is 1. The summed E-state index contributed by atoms with van der Waals surface area (Å²) in [6.45, 7) is 0.925. The number of benzene rings is 1. The zero-order chi connectivity index (χ0) is 14.5. The molecule has 1 aromatic carbocycles. The minimum atomic E-state index is 0.00356. The molecule has 0 aromatic heterocycles. The lowest BCUT2D eigenvalue weighted by atomic mass is 10.0. The summed E-state index contributed by atoms with van der Waals surface area (Å²) >= 11 is 0. The predicted molar refractivity (Wildman–Crippen MR) is 83.9 cm³/mol. The molecule has 1 saturated carbocycles. The van der Waals surface area contributed by atoms with Gasteiger partial charge in [0, 0.05) is 26.2 Å². The lowest BCUT2D eigenvalue weighted by Crippen LogP contribution is -2.22. The Hall–Kier alpha value is -1.71. The maximum absolute atomic E-state index is 11.9. The number of anilines is 2. The second-order valence-corrected chi connectivity index (χ2v) is 5.87. The van der Waals surface area contributed by atoms with Gasteiger partial charge in [0.05, 0.1) is 11.4 Å². The Labute approximate surface area is 121 Å². The fourth-order valence-electron chi connectivity index (χ4n) is 2.81. The Morgan fingerprint density at radius 3 is 2.70 bits per heavy atom. The second kappa shape index (κ2) is 6.64. The van der Waals surface area contributed by atoms with Gasteiger partial charge in [-0.05, 0) is 30.5 Å². The van der Waals surface area contributed by atoms with Crippen LogP contribution < -0.4 is 11.1 Å². The molecule has 1 fully saturated rings. The third kappa shape index (κ3) is 3.65. The van der Waals surface area contributed by atoms with Crippen LogP contribution in [0.5, 0.6) is 0 Å². The van der Waals surface area contributed by atoms with Crippen LogP contribution in [0.4, 0.5) is 11.4 Å². The molecule has 110 valence electrons. The normalized spacial score (nSPS) is 15.3. The number of nitrogens with one attached hydrogen (secondary N) is 1. The molecule has 1 aliphatic carbocycles. The number of hydrogen-bond acceptors (Lipinski definition) is 3. The summed E-state index contributed by atoms with van der Waals surface area (Å²) in [5.74, 6) is 0.860. The largest absolute Gasteiger partial charge is 0.397 e. The summed E-state index contributed by atoms with van der Waals surface area (Å²) in [6, 6.07) is 5.43. The van der Waals surface area contributed by atoms with Crippen molar-refractivity contribution in [2.75, 3.05) is 31.7 Å². The Morgan fingerprint density at radius 2 is 2.05 bits per heavy atom. The monoisotopic (exact) mass is 275 g/mol. The van der Waals surface area contributed by atoms with Gasteiger partial charge in [0.2, 0.25) is 0 Å². The van der Waals surface area contributed by atoms with E-state index >= 15 is 0 Å². The number of hydrogen-bond donors (Lipinski definition) is 2. The van der Waals surface area contributed by atoms with Crippen LogP contribution >= 0.6 is 0 Å². The van der Waals surface area contributed by atoms with Crippen molar-refractivity contribution in [3.05, 3.63) is 23.8 Å². The van der Waals surface area contributed by atoms with Crippen molar-refractivity contribution in [1.82, 2.24) is 4.90 Å². The molecular formula is C16H25N3O. The third-order valence-corrected chi connectivity index (χ3v) is 4.05. The van der Waals surface area contributed by atoms with Crippen LogP contribution in [0.3, 0.4) is 0 Å². The van der Waals surface area contributed by atoms with Crippen LogP contribution in [0.25, 0.3) is 0 Å². The molecule has 0 aliphatic heterocycles. The van der Waals surface area contributed by atoms with Crippen molar-refractivity contribution in [2.45, 2.75) is 32.1 Å². The van der Waals surface area contributed by atoms with Crippen LogP contribution in [0, 0.1) is 5.92 Å². The van der Waals surface area contributed by atoms with E-state index in [1.54, 1.807) is 31.1 Å². The Morgan fingerprint density at radius 1 is 1.35 bits per heavy atom. The van der Waals surface area contributed by atoms with E-state index in [0.29, 0.717) is 11.3 Å². The highest BCUT2D eigenvalue weighted by molar-refractivity contribution is 5.95. The first-order valence-corrected chi connectivity index (χ1v) is 7.43. The lowest BCUT2D eigenvalue weighted by molar-refractivity contribution is 0.0827. The second-order valence-electron chi connectivity index (χ2n) is 5.87. The van der Waals surface area contributed by atoms with Gasteiger partial charge in [-0.25, -0.2) is 0 Å². The maximum Gasteiger partial charge on any atom is 0.253 e. The highest BCUT2D eigenvalue weighted by Crippen LogP contribution is 2.28. The van der Waals surface area contributed by atoms with Crippen molar-refractivity contribution < 1.29 is 4.79 Å². The van der Waals surface area contributed by atoms with Crippen molar-refractivity contribution in [2.24, 2.45) is 5.92 Å². The summed E-state index contributed by atoms with van der Waals surface area (Å²) in [4.78, 5) is 13.5. The fraction of sp³-hybridized carbons (Fsp3) is 0.562. The van der Waals surface area contributed by atoms with Crippen LogP contribution in [-0.2, 0) is 0 Å². The summed E-state index contributed by atoms with van der Waals surface area (Å²) in [5.41, 5.74) is 8.22. The molecule has 0 radical (unpaired) electrons. The van der Waals surface area contributed by atoms with E-state index in [-0.39, 0.29) is 5.91 Å². The zero-order valence-electron chi connectivity index (χ0n) is 12.5. The minimum absolute atomic E-state index is 0.00356. The van der Waals surface area contributed by atoms with Crippen LogP contribution in [0.15, 0.2) is 18.2 Å². The smallest absolute Gasteiger partial charge is 0.253 e. The van der Waals surface area contributed by atoms with E-state index in [4.69, 9.17) is 5.73 Å². The van der Waals surface area contributed by atoms with E-state index in [2.05, 4.69) is 5.32 Å². The van der Waals surface area contributed by atoms with Crippen molar-refractivity contribution in [3.63, 3.8) is 0 Å². The van der Waals surface area contributed by atoms with E-state index in [1.165, 1.54) is 32.1 Å². The lowest BCUT2D eigenvalue weighted by Gasteiger charge is -2.15. The molecule has 0 heterocycles. The Balaban J connectivity index is 1.95. The summed E-state index contributed by atoms with van der Waals surface area (Å²) in [7, 11) is 3.51. The Bertz CT molecular complexity index is 465. The summed E-state index contributed by atoms with van der Waals surface area (Å²) < 4.78 is 0. The molecule has 20 heavy (non-hydrogen) atoms. The van der Waals surface area contributed by atoms with Gasteiger partial charge in [0.15, 0.2) is 0 Å². The van der Waals surface area contributed by atoms with Gasteiger partial charge in [-0.1, -0.05) is 25.7 Å². The number of amides is 1. The molecule has 1 aliphatic rings. The molecule has 0 unspecified atom stereocenters. The first kappa shape index (κ1) is 14.7. The summed E-state index contributed by atoms with van der Waals surface area (Å²) in [5, 5.41) is 3.38. The topological polar surface area (TPSA) is 58.4 Å². The number of carbonyl (C=O) groups is 1. The van der Waals surface area contributed by atoms with Crippen LogP contribution in [0.2, 0.25) is 0 Å². The number of carbonyl (C=O) groups excluding carboxylic acids is 1. The van der Waals surface area contributed by atoms with Crippen molar-refractivity contribution >= 4 is 17.3 Å². The fourth-order valence-corrected chi connectivity index (χ4v) is 2.81. The van der Waals surface area contributed by atoms with Crippen molar-refractivity contribution in [3.8, 4) is 0 Å². The molecule has 1 aromatic rings. The molecule has 0 spiro atoms. The zero-order valence-corrected chi connectivity index (χ0v) is 12.5. The third-order valence-electron chi connectivity index (χ3n) is 4.05. The van der Waals surface area contributed by atoms with Gasteiger partial charge in [-0.15, -0.1) is 0 Å². The average molecular weight is 275 g/mol. The van der Waals surface area contributed by atoms with Crippen LogP contribution in [0.1, 0.15) is 42.5 Å². The quantitative estimate of drug-likeness (QED) is 0.812. The predicted octanol–water partition coefficient (Wildman–Crippen LogP) is 2.96. The molecule has 3 N–H and O–H groups in total. The van der Waals surface area contributed by atoms with Gasteiger partial charge in [0.1, 0.15) is 0 Å². The van der Waals surface area contributed by atoms with Gasteiger partial charge < -0.3 is 16.0 Å². The standard InChI is InChI=1S/C16H25N3O/c1-19(2)16(20)13-7-8-14(17)15(11-13)18-10-9-12-5-3-4-6-12/h7-8,11-12,18H,3-6,9-10,17H2,1-2H3. The summed E-state index contributed by atoms with van der Waals surface area (Å²) in [6.07, 6.45) is 6.65. The molecule has 1 amide bonds. The first-order chi connectivity index (χ1) is 9.58. The van der Waals surface area contributed by atoms with E-state index in [9.17, 15) is 4.79 Å². The van der Waals surface area contributed by atoms with Gasteiger partial charge in [0.25, 0.3) is 5.91 Å². The van der Waals surface area contributed by atoms with Gasteiger partial charge in [-0.2, -0.15) is 0 Å². The minimum Gasteiger partial charge on any atom is -0.397 e. The van der Waals surface area contributed by atoms with Gasteiger partial charge >= 0.3 is 0 Å². The number of nitrogens with zero attached hydrogens (tertiary/aromatic N) is 1. The highest BCUT2D eigenvalue weighted by Gasteiger charge is 2.15. The average Bonchev–Trinajstić information content (AvgIpc) is 2.93. The SMILES string of the molecule is CN(C)C(=O)c1ccc(N)c(NCCC2CCCC2)c1. The molecular weight excluding hydrogens is 250 g/mol. The van der Waals surface area contributed by atoms with Gasteiger partial charge in [-0.3, -0.25) is 4.79 Å². The molecule has 4 nitrogen and oxygen atoms in total. The molecule has 4 heteroatoms. The van der Waals surface area contributed by atoms with E-state index in [1.807, 2.05) is 6.07 Å². The Kier molecular flexibility index (Phi) is 4.88. The van der Waals surface area contributed by atoms with E-state index < -0.39 is 0 Å². The molecule has 0 atom stereocenters. The van der Waals surface area contributed by atoms with Crippen LogP contribution in [-0.4, -0.2) is 31.4 Å². The molecule has 0 saturated heterocycles. The highest BCUT2D eigenvalue weighted by atomic mass is 16.2. The van der Waals surface area contributed by atoms with Crippen molar-refractivity contribution in [1.29, 1.82) is 0 Å². The number of rotatable bonds is 5. The van der Waals surface area contributed by atoms with E-state index in [0.717, 1.165) is 18.2 Å². The molecule has 2 rings (SSSR count). The maximum atomic E-state index is 11.9. The number of nitrogens with two attached hydrogens (primary N) is 1. The molecule has 0 bridgehead atoms. The first-order valence-electron chi connectivity index (χ1n) is 7.43.